The summed E-state index contributed by atoms with van der Waals surface area (Å²) in [6.07, 6.45) is 5.09. The van der Waals surface area contributed by atoms with Crippen LogP contribution >= 0.6 is 0 Å². The molecule has 2 aliphatic heterocycles. The maximum Gasteiger partial charge on any atom is 0.191 e. The number of ether oxygens (including phenoxy) is 1. The van der Waals surface area contributed by atoms with Crippen LogP contribution in [0.3, 0.4) is 0 Å². The molecule has 3 rings (SSSR count). The zero-order chi connectivity index (χ0) is 22.9. The number of guanidine groups is 1. The van der Waals surface area contributed by atoms with Gasteiger partial charge in [0.15, 0.2) is 11.8 Å². The van der Waals surface area contributed by atoms with Crippen molar-refractivity contribution < 1.29 is 4.74 Å². The van der Waals surface area contributed by atoms with Gasteiger partial charge in [0.25, 0.3) is 0 Å². The standard InChI is InChI=1S/C23H44N8O/c1-6-31-11-7-8-21(31)16-24-23(25-17-22-28-27-19(4)29(22)5)26-20-9-12-30(13-10-20)14-15-32-18(2)3/h18,20-21H,6-17H2,1-5H3,(H2,24,25,26). The van der Waals surface area contributed by atoms with E-state index in [0.717, 1.165) is 69.8 Å². The fourth-order valence-corrected chi connectivity index (χ4v) is 4.56. The van der Waals surface area contributed by atoms with Gasteiger partial charge in [-0.2, -0.15) is 0 Å². The number of aryl methyl sites for hydroxylation is 1. The molecular formula is C23H44N8O. The highest BCUT2D eigenvalue weighted by Crippen LogP contribution is 2.16. The lowest BCUT2D eigenvalue weighted by Gasteiger charge is -2.33. The maximum absolute atomic E-state index is 5.72. The molecule has 1 aromatic rings. The second kappa shape index (κ2) is 12.5. The third-order valence-electron chi connectivity index (χ3n) is 6.76. The number of hydrogen-bond donors (Lipinski definition) is 2. The Labute approximate surface area is 194 Å². The summed E-state index contributed by atoms with van der Waals surface area (Å²) in [7, 11) is 2.00. The Kier molecular flexibility index (Phi) is 9.74. The predicted molar refractivity (Wildman–Crippen MR) is 129 cm³/mol. The van der Waals surface area contributed by atoms with Crippen LogP contribution in [0, 0.1) is 6.92 Å². The van der Waals surface area contributed by atoms with Gasteiger partial charge in [0, 0.05) is 45.3 Å². The normalized spacial score (nSPS) is 21.6. The number of nitrogens with zero attached hydrogens (tertiary/aromatic N) is 6. The topological polar surface area (TPSA) is 82.8 Å². The Hall–Kier alpha value is -1.71. The first-order valence-corrected chi connectivity index (χ1v) is 12.4. The molecule has 2 fully saturated rings. The molecule has 2 aliphatic rings. The van der Waals surface area contributed by atoms with Gasteiger partial charge in [0.05, 0.1) is 12.7 Å². The van der Waals surface area contributed by atoms with Gasteiger partial charge in [0.2, 0.25) is 0 Å². The molecule has 0 aromatic carbocycles. The summed E-state index contributed by atoms with van der Waals surface area (Å²) >= 11 is 0. The van der Waals surface area contributed by atoms with Crippen LogP contribution in [0.1, 0.15) is 58.1 Å². The summed E-state index contributed by atoms with van der Waals surface area (Å²) in [5.41, 5.74) is 0. The molecular weight excluding hydrogens is 404 g/mol. The molecule has 3 heterocycles. The van der Waals surface area contributed by atoms with E-state index in [0.29, 0.717) is 24.7 Å². The fraction of sp³-hybridized carbons (Fsp3) is 0.870. The van der Waals surface area contributed by atoms with Crippen LogP contribution in [0.4, 0.5) is 0 Å². The van der Waals surface area contributed by atoms with Gasteiger partial charge in [-0.3, -0.25) is 4.90 Å². The molecule has 1 unspecified atom stereocenters. The van der Waals surface area contributed by atoms with Gasteiger partial charge < -0.3 is 24.8 Å². The van der Waals surface area contributed by atoms with E-state index in [2.05, 4.69) is 51.4 Å². The predicted octanol–water partition coefficient (Wildman–Crippen LogP) is 1.53. The fourth-order valence-electron chi connectivity index (χ4n) is 4.56. The number of likely N-dealkylation sites (N-methyl/N-ethyl adjacent to an activating group) is 1. The number of aromatic nitrogens is 3. The summed E-state index contributed by atoms with van der Waals surface area (Å²) in [6, 6.07) is 1.03. The van der Waals surface area contributed by atoms with Gasteiger partial charge in [-0.25, -0.2) is 4.99 Å². The lowest BCUT2D eigenvalue weighted by molar-refractivity contribution is 0.0532. The number of nitrogens with one attached hydrogen (secondary N) is 2. The van der Waals surface area contributed by atoms with Crippen LogP contribution in [0.5, 0.6) is 0 Å². The van der Waals surface area contributed by atoms with Crippen LogP contribution in [0.15, 0.2) is 4.99 Å². The van der Waals surface area contributed by atoms with Crippen molar-refractivity contribution >= 4 is 5.96 Å². The Morgan fingerprint density at radius 3 is 2.62 bits per heavy atom. The van der Waals surface area contributed by atoms with Crippen molar-refractivity contribution in [3.63, 3.8) is 0 Å². The Bertz CT molecular complexity index is 711. The number of rotatable bonds is 10. The summed E-state index contributed by atoms with van der Waals surface area (Å²) < 4.78 is 7.72. The van der Waals surface area contributed by atoms with E-state index in [1.54, 1.807) is 0 Å². The molecule has 1 atom stereocenters. The monoisotopic (exact) mass is 448 g/mol. The van der Waals surface area contributed by atoms with Crippen LogP contribution < -0.4 is 10.6 Å². The Balaban J connectivity index is 1.53. The van der Waals surface area contributed by atoms with Crippen molar-refractivity contribution in [3.8, 4) is 0 Å². The summed E-state index contributed by atoms with van der Waals surface area (Å²) in [4.78, 5) is 9.95. The largest absolute Gasteiger partial charge is 0.377 e. The van der Waals surface area contributed by atoms with E-state index < -0.39 is 0 Å². The zero-order valence-electron chi connectivity index (χ0n) is 20.8. The van der Waals surface area contributed by atoms with E-state index in [1.165, 1.54) is 19.4 Å². The molecule has 0 saturated carbocycles. The van der Waals surface area contributed by atoms with E-state index in [1.807, 2.05) is 18.5 Å². The number of piperidine rings is 1. The van der Waals surface area contributed by atoms with Crippen molar-refractivity contribution in [2.45, 2.75) is 78.1 Å². The summed E-state index contributed by atoms with van der Waals surface area (Å²) in [5, 5.41) is 15.8. The van der Waals surface area contributed by atoms with Crippen molar-refractivity contribution in [3.05, 3.63) is 11.6 Å². The Morgan fingerprint density at radius 1 is 1.19 bits per heavy atom. The summed E-state index contributed by atoms with van der Waals surface area (Å²) in [6.45, 7) is 16.2. The molecule has 2 N–H and O–H groups in total. The third-order valence-corrected chi connectivity index (χ3v) is 6.76. The molecule has 0 radical (unpaired) electrons. The average molecular weight is 449 g/mol. The first-order chi connectivity index (χ1) is 15.5. The first kappa shape index (κ1) is 24.9. The average Bonchev–Trinajstić information content (AvgIpc) is 3.37. The van der Waals surface area contributed by atoms with Crippen LogP contribution in [0.2, 0.25) is 0 Å². The van der Waals surface area contributed by atoms with Crippen molar-refractivity contribution in [2.75, 3.05) is 45.9 Å². The van der Waals surface area contributed by atoms with Crippen molar-refractivity contribution in [1.82, 2.24) is 35.2 Å². The molecule has 0 amide bonds. The van der Waals surface area contributed by atoms with Gasteiger partial charge >= 0.3 is 0 Å². The van der Waals surface area contributed by atoms with Crippen molar-refractivity contribution in [1.29, 1.82) is 0 Å². The molecule has 9 heteroatoms. The van der Waals surface area contributed by atoms with Gasteiger partial charge in [-0.05, 0) is 59.5 Å². The number of hydrogen-bond acceptors (Lipinski definition) is 6. The minimum Gasteiger partial charge on any atom is -0.377 e. The Morgan fingerprint density at radius 2 is 1.97 bits per heavy atom. The highest BCUT2D eigenvalue weighted by molar-refractivity contribution is 5.80. The molecule has 1 aromatic heterocycles. The lowest BCUT2D eigenvalue weighted by Crippen LogP contribution is -2.51. The van der Waals surface area contributed by atoms with E-state index in [-0.39, 0.29) is 0 Å². The van der Waals surface area contributed by atoms with Gasteiger partial charge in [-0.1, -0.05) is 6.92 Å². The van der Waals surface area contributed by atoms with Crippen molar-refractivity contribution in [2.24, 2.45) is 12.0 Å². The smallest absolute Gasteiger partial charge is 0.191 e. The van der Waals surface area contributed by atoms with Gasteiger partial charge in [-0.15, -0.1) is 10.2 Å². The molecule has 2 saturated heterocycles. The third kappa shape index (κ3) is 7.42. The molecule has 0 bridgehead atoms. The SMILES string of the molecule is CCN1CCCC1CNC(=NCc1nnc(C)n1C)NC1CCN(CCOC(C)C)CC1. The molecule has 9 nitrogen and oxygen atoms in total. The lowest BCUT2D eigenvalue weighted by atomic mass is 10.1. The van der Waals surface area contributed by atoms with Crippen LogP contribution in [-0.4, -0.2) is 94.6 Å². The highest BCUT2D eigenvalue weighted by atomic mass is 16.5. The maximum atomic E-state index is 5.72. The van der Waals surface area contributed by atoms with E-state index >= 15 is 0 Å². The second-order valence-electron chi connectivity index (χ2n) is 9.37. The second-order valence-corrected chi connectivity index (χ2v) is 9.37. The van der Waals surface area contributed by atoms with Gasteiger partial charge in [0.1, 0.15) is 12.4 Å². The number of likely N-dealkylation sites (tertiary alicyclic amines) is 2. The molecule has 0 spiro atoms. The molecule has 182 valence electrons. The minimum absolute atomic E-state index is 0.306. The van der Waals surface area contributed by atoms with Crippen LogP contribution in [-0.2, 0) is 18.3 Å². The quantitative estimate of drug-likeness (QED) is 0.415. The molecule has 32 heavy (non-hydrogen) atoms. The molecule has 0 aliphatic carbocycles. The first-order valence-electron chi connectivity index (χ1n) is 12.4. The minimum atomic E-state index is 0.306. The number of aliphatic imine (C=N–C) groups is 1. The van der Waals surface area contributed by atoms with E-state index in [4.69, 9.17) is 9.73 Å². The zero-order valence-corrected chi connectivity index (χ0v) is 20.8. The summed E-state index contributed by atoms with van der Waals surface area (Å²) in [5.74, 6) is 2.70. The van der Waals surface area contributed by atoms with E-state index in [9.17, 15) is 0 Å². The van der Waals surface area contributed by atoms with Crippen LogP contribution in [0.25, 0.3) is 0 Å². The highest BCUT2D eigenvalue weighted by Gasteiger charge is 2.24.